The van der Waals surface area contributed by atoms with Crippen molar-refractivity contribution in [2.45, 2.75) is 0 Å². The molecule has 5 aromatic carbocycles. The van der Waals surface area contributed by atoms with E-state index in [1.165, 1.54) is 0 Å². The lowest BCUT2D eigenvalue weighted by atomic mass is 9.89. The predicted octanol–water partition coefficient (Wildman–Crippen LogP) is 12.2. The van der Waals surface area contributed by atoms with Gasteiger partial charge in [0.2, 0.25) is 0 Å². The van der Waals surface area contributed by atoms with E-state index in [-0.39, 0.29) is 0 Å². The Morgan fingerprint density at radius 3 is 1.59 bits per heavy atom. The predicted molar refractivity (Wildman–Crippen MR) is 219 cm³/mol. The maximum absolute atomic E-state index is 7.77. The van der Waals surface area contributed by atoms with E-state index in [1.54, 1.807) is 24.8 Å². The highest BCUT2D eigenvalue weighted by Crippen LogP contribution is 2.43. The van der Waals surface area contributed by atoms with Gasteiger partial charge >= 0.3 is 0 Å². The first-order chi connectivity index (χ1) is 26.7. The Morgan fingerprint density at radius 1 is 0.370 bits per heavy atom. The molecule has 0 saturated carbocycles. The largest absolute Gasteiger partial charge is 0.265 e. The smallest absolute Gasteiger partial charge is 0.194 e. The van der Waals surface area contributed by atoms with Crippen LogP contribution in [0.15, 0.2) is 171 Å². The third-order valence-electron chi connectivity index (χ3n) is 10.2. The Kier molecular flexibility index (Phi) is 7.41. The summed E-state index contributed by atoms with van der Waals surface area (Å²) in [7, 11) is 0. The van der Waals surface area contributed by atoms with E-state index in [2.05, 4.69) is 87.6 Å². The summed E-state index contributed by atoms with van der Waals surface area (Å²) in [5, 5.41) is 6.30. The molecule has 54 heavy (non-hydrogen) atoms. The zero-order chi connectivity index (χ0) is 36.0. The molecule has 10 rings (SSSR count). The van der Waals surface area contributed by atoms with Crippen LogP contribution in [-0.2, 0) is 0 Å². The van der Waals surface area contributed by atoms with Crippen molar-refractivity contribution in [2.24, 2.45) is 0 Å². The minimum Gasteiger partial charge on any atom is -0.265 e. The second kappa shape index (κ2) is 12.9. The Balaban J connectivity index is 1.19. The average Bonchev–Trinajstić information content (AvgIpc) is 3.26. The van der Waals surface area contributed by atoms with E-state index in [4.69, 9.17) is 21.5 Å². The summed E-state index contributed by atoms with van der Waals surface area (Å²) in [5.41, 5.74) is 12.5. The topological polar surface area (TPSA) is 68.8 Å². The molecule has 10 aromatic rings. The molecule has 0 saturated heterocycles. The van der Waals surface area contributed by atoms with E-state index in [9.17, 15) is 0 Å². The molecular formula is C48H28N6. The van der Waals surface area contributed by atoms with Crippen molar-refractivity contribution in [3.05, 3.63) is 182 Å². The number of hydrogen-bond acceptors (Lipinski definition) is 5. The molecule has 0 fully saturated rings. The van der Waals surface area contributed by atoms with Gasteiger partial charge < -0.3 is 0 Å². The summed E-state index contributed by atoms with van der Waals surface area (Å²) in [6, 6.07) is 45.9. The van der Waals surface area contributed by atoms with Crippen molar-refractivity contribution in [1.82, 2.24) is 24.9 Å². The fourth-order valence-electron chi connectivity index (χ4n) is 7.65. The van der Waals surface area contributed by atoms with Gasteiger partial charge in [-0.25, -0.2) is 9.83 Å². The van der Waals surface area contributed by atoms with Gasteiger partial charge in [0.05, 0.1) is 29.0 Å². The van der Waals surface area contributed by atoms with E-state index in [0.717, 1.165) is 99.2 Å². The average molecular weight is 689 g/mol. The van der Waals surface area contributed by atoms with E-state index in [1.807, 2.05) is 73.1 Å². The van der Waals surface area contributed by atoms with Gasteiger partial charge in [-0.2, -0.15) is 0 Å². The molecule has 5 heterocycles. The molecule has 0 spiro atoms. The second-order valence-electron chi connectivity index (χ2n) is 13.2. The summed E-state index contributed by atoms with van der Waals surface area (Å²) < 4.78 is 0. The first kappa shape index (κ1) is 31.1. The molecule has 0 aliphatic rings. The molecule has 250 valence electrons. The fraction of sp³-hybridized carbons (Fsp3) is 0. The van der Waals surface area contributed by atoms with Gasteiger partial charge in [-0.1, -0.05) is 66.7 Å². The molecular weight excluding hydrogens is 661 g/mol. The number of pyridine rings is 5. The van der Waals surface area contributed by atoms with Crippen LogP contribution in [0.4, 0.5) is 5.69 Å². The monoisotopic (exact) mass is 688 g/mol. The van der Waals surface area contributed by atoms with Crippen LogP contribution in [0.5, 0.6) is 0 Å². The molecule has 0 atom stereocenters. The van der Waals surface area contributed by atoms with Crippen LogP contribution in [0, 0.1) is 6.57 Å². The minimum absolute atomic E-state index is 0.642. The van der Waals surface area contributed by atoms with Crippen LogP contribution in [0.3, 0.4) is 0 Å². The Labute approximate surface area is 311 Å². The molecule has 0 bridgehead atoms. The lowest BCUT2D eigenvalue weighted by Gasteiger charge is -2.16. The first-order valence-electron chi connectivity index (χ1n) is 17.7. The van der Waals surface area contributed by atoms with Crippen LogP contribution in [0.25, 0.3) is 104 Å². The molecule has 0 aliphatic carbocycles. The molecule has 5 aromatic heterocycles. The number of benzene rings is 5. The van der Waals surface area contributed by atoms with Crippen LogP contribution >= 0.6 is 0 Å². The third kappa shape index (κ3) is 5.23. The van der Waals surface area contributed by atoms with Gasteiger partial charge in [0.15, 0.2) is 5.69 Å². The zero-order valence-corrected chi connectivity index (χ0v) is 28.8. The number of fused-ring (bicyclic) bond motifs is 6. The molecule has 0 radical (unpaired) electrons. The lowest BCUT2D eigenvalue weighted by Crippen LogP contribution is -1.93. The SMILES string of the molecule is [C-]#[N+]c1ccc(-c2cc3c4cccnc4c(-c4cccc(-c5cc(-c6ccncc6)nc(-c6ccncc6)c5)c4)cc3c3cccnc23)c2ccccc12. The van der Waals surface area contributed by atoms with Crippen molar-refractivity contribution < 1.29 is 0 Å². The first-order valence-corrected chi connectivity index (χ1v) is 17.7. The van der Waals surface area contributed by atoms with Crippen molar-refractivity contribution in [3.8, 4) is 55.9 Å². The maximum atomic E-state index is 7.77. The summed E-state index contributed by atoms with van der Waals surface area (Å²) >= 11 is 0. The van der Waals surface area contributed by atoms with E-state index < -0.39 is 0 Å². The maximum Gasteiger partial charge on any atom is 0.194 e. The Hall–Kier alpha value is -7.62. The molecule has 0 unspecified atom stereocenters. The Morgan fingerprint density at radius 2 is 0.944 bits per heavy atom. The van der Waals surface area contributed by atoms with E-state index in [0.29, 0.717) is 5.69 Å². The molecule has 6 nitrogen and oxygen atoms in total. The number of nitrogens with zero attached hydrogens (tertiary/aromatic N) is 6. The molecule has 0 N–H and O–H groups in total. The number of rotatable bonds is 5. The number of hydrogen-bond donors (Lipinski definition) is 0. The third-order valence-corrected chi connectivity index (χ3v) is 10.2. The highest BCUT2D eigenvalue weighted by Gasteiger charge is 2.18. The standard InChI is InChI=1S/C48H28N6/c1-49-44-14-13-36(35-9-2-3-10-37(35)44)43-29-42-38-11-5-19-52-47(38)40(28-41(42)39-12-6-20-53-48(39)43)33-8-4-7-32(25-33)34-26-45(30-15-21-50-22-16-30)54-46(27-34)31-17-23-51-24-18-31/h2-29H. The van der Waals surface area contributed by atoms with Crippen LogP contribution < -0.4 is 0 Å². The van der Waals surface area contributed by atoms with Crippen molar-refractivity contribution in [2.75, 3.05) is 0 Å². The highest BCUT2D eigenvalue weighted by molar-refractivity contribution is 6.23. The van der Waals surface area contributed by atoms with Crippen LogP contribution in [-0.4, -0.2) is 24.9 Å². The minimum atomic E-state index is 0.642. The summed E-state index contributed by atoms with van der Waals surface area (Å²) in [6.07, 6.45) is 10.9. The highest BCUT2D eigenvalue weighted by atomic mass is 14.7. The lowest BCUT2D eigenvalue weighted by molar-refractivity contribution is 1.27. The zero-order valence-electron chi connectivity index (χ0n) is 28.8. The normalized spacial score (nSPS) is 11.3. The summed E-state index contributed by atoms with van der Waals surface area (Å²) in [4.78, 5) is 27.3. The summed E-state index contributed by atoms with van der Waals surface area (Å²) in [6.45, 7) is 7.77. The van der Waals surface area contributed by atoms with Crippen LogP contribution in [0.2, 0.25) is 0 Å². The quantitative estimate of drug-likeness (QED) is 0.133. The van der Waals surface area contributed by atoms with Crippen LogP contribution in [0.1, 0.15) is 0 Å². The van der Waals surface area contributed by atoms with Gasteiger partial charge in [0, 0.05) is 70.2 Å². The van der Waals surface area contributed by atoms with Gasteiger partial charge in [-0.15, -0.1) is 0 Å². The molecule has 0 amide bonds. The molecule has 0 aliphatic heterocycles. The van der Waals surface area contributed by atoms with Crippen molar-refractivity contribution in [3.63, 3.8) is 0 Å². The fourth-order valence-corrected chi connectivity index (χ4v) is 7.65. The number of aromatic nitrogens is 5. The van der Waals surface area contributed by atoms with Gasteiger partial charge in [0.25, 0.3) is 0 Å². The van der Waals surface area contributed by atoms with Gasteiger partial charge in [-0.3, -0.25) is 19.9 Å². The van der Waals surface area contributed by atoms with Crippen molar-refractivity contribution in [1.29, 1.82) is 0 Å². The molecule has 6 heteroatoms. The Bertz CT molecular complexity index is 3060. The summed E-state index contributed by atoms with van der Waals surface area (Å²) in [5.74, 6) is 0. The van der Waals surface area contributed by atoms with E-state index >= 15 is 0 Å². The van der Waals surface area contributed by atoms with Gasteiger partial charge in [0.1, 0.15) is 0 Å². The second-order valence-corrected chi connectivity index (χ2v) is 13.2. The van der Waals surface area contributed by atoms with Gasteiger partial charge in [-0.05, 0) is 111 Å². The van der Waals surface area contributed by atoms with Crippen molar-refractivity contribution >= 4 is 49.0 Å².